The number of hydrogen-bond donors (Lipinski definition) is 2. The van der Waals surface area contributed by atoms with Crippen LogP contribution in [0.15, 0.2) is 17.6 Å². The molecular formula is C10H17N3O5S. The van der Waals surface area contributed by atoms with E-state index in [0.717, 1.165) is 0 Å². The van der Waals surface area contributed by atoms with Crippen molar-refractivity contribution in [2.75, 3.05) is 13.7 Å². The summed E-state index contributed by atoms with van der Waals surface area (Å²) in [7, 11) is -2.53. The molecule has 1 aromatic rings. The van der Waals surface area contributed by atoms with Crippen LogP contribution in [0.5, 0.6) is 0 Å². The summed E-state index contributed by atoms with van der Waals surface area (Å²) in [6, 6.07) is -1.24. The summed E-state index contributed by atoms with van der Waals surface area (Å²) in [6.07, 6.45) is 2.76. The third-order valence-corrected chi connectivity index (χ3v) is 3.81. The van der Waals surface area contributed by atoms with E-state index in [-0.39, 0.29) is 18.1 Å². The van der Waals surface area contributed by atoms with Gasteiger partial charge in [0.2, 0.25) is 0 Å². The summed E-state index contributed by atoms with van der Waals surface area (Å²) in [4.78, 5) is 14.7. The number of sulfonamides is 1. The first-order valence-electron chi connectivity index (χ1n) is 5.66. The SMILES string of the molecule is CCn1cnc(S(=O)(=O)NC(CCOC)C(=O)O)c1. The molecule has 19 heavy (non-hydrogen) atoms. The molecule has 108 valence electrons. The van der Waals surface area contributed by atoms with Crippen molar-refractivity contribution >= 4 is 16.0 Å². The van der Waals surface area contributed by atoms with Gasteiger partial charge in [-0.3, -0.25) is 4.79 Å². The van der Waals surface area contributed by atoms with Gasteiger partial charge in [-0.05, 0) is 13.3 Å². The molecule has 1 aromatic heterocycles. The number of nitrogens with zero attached hydrogens (tertiary/aromatic N) is 2. The van der Waals surface area contributed by atoms with E-state index in [4.69, 9.17) is 9.84 Å². The Morgan fingerprint density at radius 1 is 1.63 bits per heavy atom. The number of ether oxygens (including phenoxy) is 1. The van der Waals surface area contributed by atoms with E-state index >= 15 is 0 Å². The molecule has 1 rings (SSSR count). The summed E-state index contributed by atoms with van der Waals surface area (Å²) in [5.74, 6) is -1.25. The van der Waals surface area contributed by atoms with Crippen LogP contribution in [0.2, 0.25) is 0 Å². The average molecular weight is 291 g/mol. The van der Waals surface area contributed by atoms with Gasteiger partial charge in [0.1, 0.15) is 6.04 Å². The van der Waals surface area contributed by atoms with Crippen molar-refractivity contribution < 1.29 is 23.1 Å². The van der Waals surface area contributed by atoms with E-state index in [1.165, 1.54) is 19.6 Å². The van der Waals surface area contributed by atoms with Crippen LogP contribution in [0.25, 0.3) is 0 Å². The van der Waals surface area contributed by atoms with Crippen molar-refractivity contribution in [3.8, 4) is 0 Å². The smallest absolute Gasteiger partial charge is 0.321 e. The topological polar surface area (TPSA) is 111 Å². The summed E-state index contributed by atoms with van der Waals surface area (Å²) in [5.41, 5.74) is 0. The average Bonchev–Trinajstić information content (AvgIpc) is 2.83. The Balaban J connectivity index is 2.84. The molecule has 9 heteroatoms. The molecule has 0 spiro atoms. The number of rotatable bonds is 8. The van der Waals surface area contributed by atoms with Gasteiger partial charge in [0.15, 0.2) is 5.03 Å². The fourth-order valence-corrected chi connectivity index (χ4v) is 2.54. The Hall–Kier alpha value is -1.45. The van der Waals surface area contributed by atoms with Gasteiger partial charge in [0, 0.05) is 26.5 Å². The first-order chi connectivity index (χ1) is 8.90. The number of aromatic nitrogens is 2. The second kappa shape index (κ2) is 6.64. The van der Waals surface area contributed by atoms with Gasteiger partial charge in [-0.25, -0.2) is 13.4 Å². The van der Waals surface area contributed by atoms with E-state index in [0.29, 0.717) is 6.54 Å². The predicted octanol–water partition coefficient (Wildman–Crippen LogP) is -0.329. The molecule has 2 N–H and O–H groups in total. The Kier molecular flexibility index (Phi) is 5.45. The predicted molar refractivity (Wildman–Crippen MR) is 66.1 cm³/mol. The lowest BCUT2D eigenvalue weighted by Crippen LogP contribution is -2.41. The molecule has 1 unspecified atom stereocenters. The third-order valence-electron chi connectivity index (χ3n) is 2.46. The third kappa shape index (κ3) is 4.30. The van der Waals surface area contributed by atoms with Crippen molar-refractivity contribution in [3.05, 3.63) is 12.5 Å². The van der Waals surface area contributed by atoms with Crippen LogP contribution < -0.4 is 4.72 Å². The zero-order chi connectivity index (χ0) is 14.5. The van der Waals surface area contributed by atoms with Crippen LogP contribution in [0.3, 0.4) is 0 Å². The number of methoxy groups -OCH3 is 1. The molecule has 1 heterocycles. The van der Waals surface area contributed by atoms with Crippen molar-refractivity contribution in [2.24, 2.45) is 0 Å². The maximum absolute atomic E-state index is 11.9. The Morgan fingerprint density at radius 2 is 2.32 bits per heavy atom. The molecule has 0 amide bonds. The number of carboxylic acid groups (broad SMARTS) is 1. The second-order valence-electron chi connectivity index (χ2n) is 3.84. The van der Waals surface area contributed by atoms with Crippen molar-refractivity contribution in [2.45, 2.75) is 31.0 Å². The number of imidazole rings is 1. The number of aryl methyl sites for hydroxylation is 1. The Bertz CT molecular complexity index is 525. The van der Waals surface area contributed by atoms with Gasteiger partial charge in [-0.15, -0.1) is 0 Å². The van der Waals surface area contributed by atoms with Gasteiger partial charge in [-0.1, -0.05) is 0 Å². The molecule has 0 aliphatic rings. The lowest BCUT2D eigenvalue weighted by atomic mass is 10.2. The largest absolute Gasteiger partial charge is 0.480 e. The van der Waals surface area contributed by atoms with E-state index in [2.05, 4.69) is 9.71 Å². The van der Waals surface area contributed by atoms with Gasteiger partial charge in [0.25, 0.3) is 10.0 Å². The zero-order valence-electron chi connectivity index (χ0n) is 10.7. The standard InChI is InChI=1S/C10H17N3O5S/c1-3-13-6-9(11-7-13)19(16,17)12-8(10(14)15)4-5-18-2/h6-8,12H,3-5H2,1-2H3,(H,14,15). The molecule has 0 aliphatic carbocycles. The van der Waals surface area contributed by atoms with E-state index in [1.807, 2.05) is 6.92 Å². The van der Waals surface area contributed by atoms with Crippen LogP contribution in [0.1, 0.15) is 13.3 Å². The highest BCUT2D eigenvalue weighted by atomic mass is 32.2. The Morgan fingerprint density at radius 3 is 2.79 bits per heavy atom. The minimum absolute atomic E-state index is 0.0412. The lowest BCUT2D eigenvalue weighted by Gasteiger charge is -2.12. The fraction of sp³-hybridized carbons (Fsp3) is 0.600. The highest BCUT2D eigenvalue weighted by Gasteiger charge is 2.26. The highest BCUT2D eigenvalue weighted by molar-refractivity contribution is 7.89. The molecular weight excluding hydrogens is 274 g/mol. The first kappa shape index (κ1) is 15.6. The number of nitrogens with one attached hydrogen (secondary N) is 1. The van der Waals surface area contributed by atoms with Crippen molar-refractivity contribution in [1.82, 2.24) is 14.3 Å². The maximum Gasteiger partial charge on any atom is 0.321 e. The molecule has 0 aromatic carbocycles. The lowest BCUT2D eigenvalue weighted by molar-refractivity contribution is -0.139. The Labute approximate surface area is 111 Å². The van der Waals surface area contributed by atoms with Crippen LogP contribution >= 0.6 is 0 Å². The molecule has 0 fully saturated rings. The molecule has 0 saturated heterocycles. The molecule has 8 nitrogen and oxygen atoms in total. The summed E-state index contributed by atoms with van der Waals surface area (Å²) < 4.78 is 32.3. The monoisotopic (exact) mass is 291 g/mol. The fourth-order valence-electron chi connectivity index (χ4n) is 1.37. The van der Waals surface area contributed by atoms with Crippen LogP contribution in [0.4, 0.5) is 0 Å². The highest BCUT2D eigenvalue weighted by Crippen LogP contribution is 2.07. The quantitative estimate of drug-likeness (QED) is 0.678. The van der Waals surface area contributed by atoms with Gasteiger partial charge in [0.05, 0.1) is 6.33 Å². The van der Waals surface area contributed by atoms with Gasteiger partial charge in [-0.2, -0.15) is 4.72 Å². The van der Waals surface area contributed by atoms with Crippen molar-refractivity contribution in [1.29, 1.82) is 0 Å². The normalized spacial score (nSPS) is 13.4. The van der Waals surface area contributed by atoms with E-state index in [9.17, 15) is 13.2 Å². The first-order valence-corrected chi connectivity index (χ1v) is 7.15. The maximum atomic E-state index is 11.9. The molecule has 0 aliphatic heterocycles. The molecule has 1 atom stereocenters. The summed E-state index contributed by atoms with van der Waals surface area (Å²) >= 11 is 0. The van der Waals surface area contributed by atoms with Crippen LogP contribution in [-0.2, 0) is 26.1 Å². The van der Waals surface area contributed by atoms with Gasteiger partial charge < -0.3 is 14.4 Å². The minimum atomic E-state index is -3.94. The minimum Gasteiger partial charge on any atom is -0.480 e. The number of carboxylic acids is 1. The summed E-state index contributed by atoms with van der Waals surface area (Å²) in [6.45, 7) is 2.56. The number of hydrogen-bond acceptors (Lipinski definition) is 5. The van der Waals surface area contributed by atoms with Crippen LogP contribution in [-0.4, -0.2) is 48.8 Å². The zero-order valence-corrected chi connectivity index (χ0v) is 11.6. The van der Waals surface area contributed by atoms with Crippen molar-refractivity contribution in [3.63, 3.8) is 0 Å². The van der Waals surface area contributed by atoms with E-state index in [1.54, 1.807) is 4.57 Å². The van der Waals surface area contributed by atoms with Gasteiger partial charge >= 0.3 is 5.97 Å². The number of carbonyl (C=O) groups is 1. The molecule has 0 bridgehead atoms. The molecule has 0 saturated carbocycles. The van der Waals surface area contributed by atoms with Crippen LogP contribution in [0, 0.1) is 0 Å². The number of aliphatic carboxylic acids is 1. The van der Waals surface area contributed by atoms with E-state index < -0.39 is 22.0 Å². The summed E-state index contributed by atoms with van der Waals surface area (Å²) in [5, 5.41) is 8.76. The molecule has 0 radical (unpaired) electrons. The second-order valence-corrected chi connectivity index (χ2v) is 5.50.